The summed E-state index contributed by atoms with van der Waals surface area (Å²) in [7, 11) is 1.60. The van der Waals surface area contributed by atoms with Crippen LogP contribution in [0.2, 0.25) is 5.02 Å². The number of rotatable bonds is 7. The molecule has 0 unspecified atom stereocenters. The Morgan fingerprint density at radius 3 is 2.78 bits per heavy atom. The predicted molar refractivity (Wildman–Crippen MR) is 92.8 cm³/mol. The number of thioether (sulfide) groups is 1. The average molecular weight is 353 g/mol. The van der Waals surface area contributed by atoms with Crippen molar-refractivity contribution < 1.29 is 14.3 Å². The summed E-state index contributed by atoms with van der Waals surface area (Å²) in [6.45, 7) is 0.913. The minimum atomic E-state index is -0.277. The molecular formula is C16H17ClN2O3S. The van der Waals surface area contributed by atoms with Crippen LogP contribution in [0, 0.1) is 0 Å². The number of anilines is 1. The van der Waals surface area contributed by atoms with E-state index in [-0.39, 0.29) is 5.91 Å². The van der Waals surface area contributed by atoms with E-state index in [0.29, 0.717) is 35.4 Å². The van der Waals surface area contributed by atoms with E-state index in [1.807, 2.05) is 12.3 Å². The van der Waals surface area contributed by atoms with Crippen LogP contribution in [0.15, 0.2) is 41.4 Å². The van der Waals surface area contributed by atoms with E-state index in [1.54, 1.807) is 43.1 Å². The topological polar surface area (TPSA) is 60.5 Å². The molecular weight excluding hydrogens is 336 g/mol. The highest BCUT2D eigenvalue weighted by Crippen LogP contribution is 2.24. The summed E-state index contributed by atoms with van der Waals surface area (Å²) in [5.74, 6) is 0.197. The number of carbonyl (C=O) groups excluding carboxylic acids is 1. The Morgan fingerprint density at radius 1 is 1.30 bits per heavy atom. The minimum Gasteiger partial charge on any atom is -0.475 e. The van der Waals surface area contributed by atoms with Crippen molar-refractivity contribution in [1.82, 2.24) is 4.98 Å². The molecule has 0 bridgehead atoms. The van der Waals surface area contributed by atoms with E-state index in [9.17, 15) is 4.79 Å². The fourth-order valence-corrected chi connectivity index (χ4v) is 2.42. The number of pyridine rings is 1. The summed E-state index contributed by atoms with van der Waals surface area (Å²) < 4.78 is 10.3. The second-order valence-electron chi connectivity index (χ2n) is 4.53. The average Bonchev–Trinajstić information content (AvgIpc) is 2.57. The van der Waals surface area contributed by atoms with Crippen LogP contribution in [0.1, 0.15) is 10.4 Å². The molecule has 122 valence electrons. The van der Waals surface area contributed by atoms with Crippen molar-refractivity contribution in [3.63, 3.8) is 0 Å². The van der Waals surface area contributed by atoms with Gasteiger partial charge in [0.1, 0.15) is 6.61 Å². The second-order valence-corrected chi connectivity index (χ2v) is 5.81. The van der Waals surface area contributed by atoms with Gasteiger partial charge in [-0.25, -0.2) is 4.98 Å². The lowest BCUT2D eigenvalue weighted by atomic mass is 10.2. The number of carbonyl (C=O) groups is 1. The number of hydrogen-bond acceptors (Lipinski definition) is 5. The van der Waals surface area contributed by atoms with Crippen molar-refractivity contribution in [3.8, 4) is 5.88 Å². The third-order valence-corrected chi connectivity index (χ3v) is 4.00. The zero-order valence-corrected chi connectivity index (χ0v) is 14.4. The Bertz CT molecular complexity index is 665. The van der Waals surface area contributed by atoms with Crippen molar-refractivity contribution in [2.45, 2.75) is 4.90 Å². The maximum Gasteiger partial charge on any atom is 0.257 e. The number of methoxy groups -OCH3 is 1. The summed E-state index contributed by atoms with van der Waals surface area (Å²) >= 11 is 7.64. The smallest absolute Gasteiger partial charge is 0.257 e. The maximum absolute atomic E-state index is 12.3. The normalized spacial score (nSPS) is 10.4. The van der Waals surface area contributed by atoms with Gasteiger partial charge in [0.15, 0.2) is 0 Å². The van der Waals surface area contributed by atoms with Gasteiger partial charge in [0.2, 0.25) is 5.88 Å². The van der Waals surface area contributed by atoms with Crippen LogP contribution in [0.3, 0.4) is 0 Å². The van der Waals surface area contributed by atoms with Crippen LogP contribution in [-0.4, -0.2) is 37.5 Å². The van der Waals surface area contributed by atoms with Gasteiger partial charge in [-0.2, -0.15) is 0 Å². The molecule has 0 saturated heterocycles. The molecule has 1 heterocycles. The van der Waals surface area contributed by atoms with Crippen molar-refractivity contribution in [2.24, 2.45) is 0 Å². The highest BCUT2D eigenvalue weighted by Gasteiger charge is 2.12. The van der Waals surface area contributed by atoms with E-state index in [0.717, 1.165) is 4.90 Å². The first-order valence-corrected chi connectivity index (χ1v) is 8.47. The van der Waals surface area contributed by atoms with Gasteiger partial charge in [0, 0.05) is 18.1 Å². The molecule has 1 N–H and O–H groups in total. The first-order valence-electron chi connectivity index (χ1n) is 6.86. The molecule has 0 saturated carbocycles. The minimum absolute atomic E-state index is 0.277. The molecule has 0 radical (unpaired) electrons. The molecule has 0 aliphatic carbocycles. The third-order valence-electron chi connectivity index (χ3n) is 2.95. The number of halogens is 1. The van der Waals surface area contributed by atoms with Crippen molar-refractivity contribution in [3.05, 3.63) is 47.1 Å². The van der Waals surface area contributed by atoms with Crippen LogP contribution in [0.5, 0.6) is 5.88 Å². The van der Waals surface area contributed by atoms with E-state index < -0.39 is 0 Å². The quantitative estimate of drug-likeness (QED) is 0.607. The first-order chi connectivity index (χ1) is 11.1. The van der Waals surface area contributed by atoms with E-state index in [4.69, 9.17) is 21.1 Å². The Kier molecular flexibility index (Phi) is 6.70. The first kappa shape index (κ1) is 17.6. The van der Waals surface area contributed by atoms with Crippen LogP contribution >= 0.6 is 23.4 Å². The van der Waals surface area contributed by atoms with E-state index >= 15 is 0 Å². The van der Waals surface area contributed by atoms with Crippen molar-refractivity contribution in [2.75, 3.05) is 31.9 Å². The van der Waals surface area contributed by atoms with Gasteiger partial charge in [-0.3, -0.25) is 4.79 Å². The zero-order valence-electron chi connectivity index (χ0n) is 12.8. The third kappa shape index (κ3) is 5.13. The number of nitrogens with one attached hydrogen (secondary N) is 1. The van der Waals surface area contributed by atoms with E-state index in [2.05, 4.69) is 10.3 Å². The SMILES string of the molecule is COCCOc1ccc(NC(=O)c2cc(SC)ccc2Cl)cn1. The van der Waals surface area contributed by atoms with Crippen molar-refractivity contribution >= 4 is 35.0 Å². The van der Waals surface area contributed by atoms with Gasteiger partial charge in [0.05, 0.1) is 29.1 Å². The molecule has 0 fully saturated rings. The molecule has 2 aromatic rings. The monoisotopic (exact) mass is 352 g/mol. The number of ether oxygens (including phenoxy) is 2. The molecule has 7 heteroatoms. The largest absolute Gasteiger partial charge is 0.475 e. The fourth-order valence-electron chi connectivity index (χ4n) is 1.77. The number of amides is 1. The molecule has 0 atom stereocenters. The van der Waals surface area contributed by atoms with Crippen LogP contribution < -0.4 is 10.1 Å². The fraction of sp³-hybridized carbons (Fsp3) is 0.250. The molecule has 1 aromatic carbocycles. The summed E-state index contributed by atoms with van der Waals surface area (Å²) in [5, 5.41) is 3.18. The van der Waals surface area contributed by atoms with E-state index in [1.165, 1.54) is 6.20 Å². The Hall–Kier alpha value is -1.76. The molecule has 1 amide bonds. The number of hydrogen-bond donors (Lipinski definition) is 1. The molecule has 1 aromatic heterocycles. The maximum atomic E-state index is 12.3. The highest BCUT2D eigenvalue weighted by atomic mass is 35.5. The summed E-state index contributed by atoms with van der Waals surface area (Å²) in [4.78, 5) is 17.4. The van der Waals surface area contributed by atoms with Crippen molar-refractivity contribution in [1.29, 1.82) is 0 Å². The van der Waals surface area contributed by atoms with Gasteiger partial charge in [-0.1, -0.05) is 11.6 Å². The van der Waals surface area contributed by atoms with Gasteiger partial charge >= 0.3 is 0 Å². The summed E-state index contributed by atoms with van der Waals surface area (Å²) in [6, 6.07) is 8.76. The lowest BCUT2D eigenvalue weighted by molar-refractivity contribution is 0.102. The second kappa shape index (κ2) is 8.76. The predicted octanol–water partition coefficient (Wildman–Crippen LogP) is 3.73. The Labute approximate surface area is 144 Å². The standard InChI is InChI=1S/C16H17ClN2O3S/c1-21-7-8-22-15-6-3-11(10-18-15)19-16(20)13-9-12(23-2)4-5-14(13)17/h3-6,9-10H,7-8H2,1-2H3,(H,19,20). The van der Waals surface area contributed by atoms with Gasteiger partial charge in [0.25, 0.3) is 5.91 Å². The highest BCUT2D eigenvalue weighted by molar-refractivity contribution is 7.98. The van der Waals surface area contributed by atoms with Gasteiger partial charge < -0.3 is 14.8 Å². The van der Waals surface area contributed by atoms with Gasteiger partial charge in [-0.05, 0) is 30.5 Å². The number of aromatic nitrogens is 1. The molecule has 5 nitrogen and oxygen atoms in total. The number of nitrogens with zero attached hydrogens (tertiary/aromatic N) is 1. The lowest BCUT2D eigenvalue weighted by Gasteiger charge is -2.09. The van der Waals surface area contributed by atoms with Gasteiger partial charge in [-0.15, -0.1) is 11.8 Å². The zero-order chi connectivity index (χ0) is 16.7. The van der Waals surface area contributed by atoms with Crippen LogP contribution in [0.25, 0.3) is 0 Å². The molecule has 23 heavy (non-hydrogen) atoms. The summed E-state index contributed by atoms with van der Waals surface area (Å²) in [6.07, 6.45) is 3.48. The Balaban J connectivity index is 2.02. The molecule has 0 aliphatic rings. The van der Waals surface area contributed by atoms with Crippen LogP contribution in [-0.2, 0) is 4.74 Å². The molecule has 2 rings (SSSR count). The molecule has 0 aliphatic heterocycles. The lowest BCUT2D eigenvalue weighted by Crippen LogP contribution is -2.13. The van der Waals surface area contributed by atoms with Crippen LogP contribution in [0.4, 0.5) is 5.69 Å². The Morgan fingerprint density at radius 2 is 2.13 bits per heavy atom. The number of benzene rings is 1. The molecule has 0 spiro atoms. The summed E-state index contributed by atoms with van der Waals surface area (Å²) in [5.41, 5.74) is 0.999.